The Kier molecular flexibility index (Phi) is 5.22. The van der Waals surface area contributed by atoms with Crippen LogP contribution in [0.15, 0.2) is 0 Å². The number of halogens is 1. The van der Waals surface area contributed by atoms with E-state index in [1.165, 1.54) is 44.9 Å². The molecule has 19 heavy (non-hydrogen) atoms. The van der Waals surface area contributed by atoms with Crippen LogP contribution in [0.4, 0.5) is 0 Å². The Hall–Kier alpha value is 0.250. The van der Waals surface area contributed by atoms with Gasteiger partial charge in [0, 0.05) is 19.1 Å². The Morgan fingerprint density at radius 3 is 2.11 bits per heavy atom. The van der Waals surface area contributed by atoms with Crippen molar-refractivity contribution in [2.24, 2.45) is 22.7 Å². The van der Waals surface area contributed by atoms with Crippen LogP contribution in [0.5, 0.6) is 0 Å². The lowest BCUT2D eigenvalue weighted by molar-refractivity contribution is 0.0305. The van der Waals surface area contributed by atoms with Gasteiger partial charge in [0.15, 0.2) is 0 Å². The molecule has 0 aromatic rings. The van der Waals surface area contributed by atoms with E-state index in [9.17, 15) is 0 Å². The van der Waals surface area contributed by atoms with E-state index in [1.807, 2.05) is 0 Å². The first kappa shape index (κ1) is 15.6. The minimum Gasteiger partial charge on any atom is -0.381 e. The molecule has 1 saturated carbocycles. The van der Waals surface area contributed by atoms with Crippen LogP contribution < -0.4 is 0 Å². The van der Waals surface area contributed by atoms with Gasteiger partial charge in [-0.25, -0.2) is 0 Å². The molecule has 1 saturated heterocycles. The third-order valence-electron chi connectivity index (χ3n) is 5.62. The van der Waals surface area contributed by atoms with E-state index in [2.05, 4.69) is 20.8 Å². The number of alkyl halides is 1. The van der Waals surface area contributed by atoms with Gasteiger partial charge in [-0.1, -0.05) is 20.8 Å². The highest BCUT2D eigenvalue weighted by Crippen LogP contribution is 2.49. The van der Waals surface area contributed by atoms with E-state index in [-0.39, 0.29) is 0 Å². The fourth-order valence-electron chi connectivity index (χ4n) is 4.05. The molecule has 0 amide bonds. The van der Waals surface area contributed by atoms with Gasteiger partial charge in [0.1, 0.15) is 0 Å². The maximum Gasteiger partial charge on any atom is 0.0468 e. The van der Waals surface area contributed by atoms with Crippen LogP contribution >= 0.6 is 11.6 Å². The molecule has 0 aromatic heterocycles. The second kappa shape index (κ2) is 6.35. The van der Waals surface area contributed by atoms with E-state index in [1.54, 1.807) is 0 Å². The summed E-state index contributed by atoms with van der Waals surface area (Å²) in [6.07, 6.45) is 9.28. The summed E-state index contributed by atoms with van der Waals surface area (Å²) in [5.41, 5.74) is 0.905. The van der Waals surface area contributed by atoms with Crippen LogP contribution in [-0.2, 0) is 4.74 Å². The fraction of sp³-hybridized carbons (Fsp3) is 1.00. The van der Waals surface area contributed by atoms with Crippen molar-refractivity contribution in [1.29, 1.82) is 0 Å². The largest absolute Gasteiger partial charge is 0.381 e. The van der Waals surface area contributed by atoms with Crippen molar-refractivity contribution in [3.63, 3.8) is 0 Å². The molecule has 2 aliphatic rings. The Balaban J connectivity index is 1.90. The first-order chi connectivity index (χ1) is 8.95. The molecule has 1 nitrogen and oxygen atoms in total. The fourth-order valence-corrected chi connectivity index (χ4v) is 4.43. The molecule has 2 fully saturated rings. The lowest BCUT2D eigenvalue weighted by Gasteiger charge is -2.45. The molecule has 112 valence electrons. The molecule has 1 heterocycles. The van der Waals surface area contributed by atoms with Gasteiger partial charge in [-0.05, 0) is 67.6 Å². The van der Waals surface area contributed by atoms with Gasteiger partial charge < -0.3 is 4.74 Å². The molecular weight excluding hydrogens is 256 g/mol. The second-order valence-electron chi connectivity index (χ2n) is 8.03. The number of rotatable bonds is 3. The lowest BCUT2D eigenvalue weighted by Crippen LogP contribution is -2.36. The first-order valence-electron chi connectivity index (χ1n) is 8.09. The van der Waals surface area contributed by atoms with Gasteiger partial charge in [0.2, 0.25) is 0 Å². The van der Waals surface area contributed by atoms with E-state index >= 15 is 0 Å². The van der Waals surface area contributed by atoms with Crippen LogP contribution in [0.25, 0.3) is 0 Å². The highest BCUT2D eigenvalue weighted by atomic mass is 35.5. The molecule has 2 heteroatoms. The van der Waals surface area contributed by atoms with Crippen LogP contribution in [0.3, 0.4) is 0 Å². The van der Waals surface area contributed by atoms with Gasteiger partial charge in [0.25, 0.3) is 0 Å². The van der Waals surface area contributed by atoms with Gasteiger partial charge in [-0.2, -0.15) is 0 Å². The highest BCUT2D eigenvalue weighted by Gasteiger charge is 2.39. The quantitative estimate of drug-likeness (QED) is 0.643. The summed E-state index contributed by atoms with van der Waals surface area (Å²) >= 11 is 6.39. The summed E-state index contributed by atoms with van der Waals surface area (Å²) in [5, 5.41) is 0. The summed E-state index contributed by atoms with van der Waals surface area (Å²) in [5.74, 6) is 2.61. The van der Waals surface area contributed by atoms with Crippen LogP contribution in [0, 0.1) is 22.7 Å². The SMILES string of the molecule is CC(C)(C)C1CCC(CCl)(CC2CCOCC2)CC1. The Morgan fingerprint density at radius 1 is 1.05 bits per heavy atom. The number of hydrogen-bond acceptors (Lipinski definition) is 1. The molecule has 1 aliphatic carbocycles. The van der Waals surface area contributed by atoms with Crippen molar-refractivity contribution in [1.82, 2.24) is 0 Å². The molecule has 2 rings (SSSR count). The van der Waals surface area contributed by atoms with Crippen molar-refractivity contribution >= 4 is 11.6 Å². The van der Waals surface area contributed by atoms with Crippen molar-refractivity contribution in [3.05, 3.63) is 0 Å². The molecule has 1 aliphatic heterocycles. The summed E-state index contributed by atoms with van der Waals surface area (Å²) in [6.45, 7) is 9.11. The third-order valence-corrected chi connectivity index (χ3v) is 6.18. The first-order valence-corrected chi connectivity index (χ1v) is 8.62. The Labute approximate surface area is 124 Å². The van der Waals surface area contributed by atoms with Crippen LogP contribution in [0.1, 0.15) is 65.7 Å². The maximum atomic E-state index is 6.39. The van der Waals surface area contributed by atoms with Crippen LogP contribution in [-0.4, -0.2) is 19.1 Å². The second-order valence-corrected chi connectivity index (χ2v) is 8.30. The van der Waals surface area contributed by atoms with E-state index in [0.717, 1.165) is 30.9 Å². The third kappa shape index (κ3) is 4.11. The van der Waals surface area contributed by atoms with Gasteiger partial charge >= 0.3 is 0 Å². The van der Waals surface area contributed by atoms with Gasteiger partial charge in [-0.15, -0.1) is 11.6 Å². The molecular formula is C17H31ClO. The average molecular weight is 287 g/mol. The zero-order valence-corrected chi connectivity index (χ0v) is 13.8. The molecule has 0 bridgehead atoms. The standard InChI is InChI=1S/C17H31ClO/c1-16(2,3)15-4-8-17(13-18,9-5-15)12-14-6-10-19-11-7-14/h14-15H,4-13H2,1-3H3. The maximum absolute atomic E-state index is 6.39. The zero-order chi connectivity index (χ0) is 13.9. The normalized spacial score (nSPS) is 34.4. The number of ether oxygens (including phenoxy) is 1. The summed E-state index contributed by atoms with van der Waals surface area (Å²) in [6, 6.07) is 0. The molecule has 0 unspecified atom stereocenters. The lowest BCUT2D eigenvalue weighted by atomic mass is 9.62. The smallest absolute Gasteiger partial charge is 0.0468 e. The summed E-state index contributed by atoms with van der Waals surface area (Å²) < 4.78 is 5.48. The average Bonchev–Trinajstić information content (AvgIpc) is 2.39. The molecule has 0 N–H and O–H groups in total. The molecule has 0 aromatic carbocycles. The van der Waals surface area contributed by atoms with Crippen molar-refractivity contribution in [2.45, 2.75) is 65.7 Å². The minimum atomic E-state index is 0.436. The molecule has 0 spiro atoms. The van der Waals surface area contributed by atoms with E-state index in [0.29, 0.717) is 10.8 Å². The molecule has 0 radical (unpaired) electrons. The molecule has 0 atom stereocenters. The van der Waals surface area contributed by atoms with Crippen LogP contribution in [0.2, 0.25) is 0 Å². The van der Waals surface area contributed by atoms with Gasteiger partial charge in [-0.3, -0.25) is 0 Å². The monoisotopic (exact) mass is 286 g/mol. The Morgan fingerprint density at radius 2 is 1.63 bits per heavy atom. The zero-order valence-electron chi connectivity index (χ0n) is 13.0. The van der Waals surface area contributed by atoms with Crippen molar-refractivity contribution < 1.29 is 4.74 Å². The Bertz CT molecular complexity index is 267. The van der Waals surface area contributed by atoms with E-state index in [4.69, 9.17) is 16.3 Å². The summed E-state index contributed by atoms with van der Waals surface area (Å²) in [4.78, 5) is 0. The van der Waals surface area contributed by atoms with E-state index < -0.39 is 0 Å². The minimum absolute atomic E-state index is 0.436. The predicted octanol–water partition coefficient (Wildman–Crippen LogP) is 5.26. The summed E-state index contributed by atoms with van der Waals surface area (Å²) in [7, 11) is 0. The topological polar surface area (TPSA) is 9.23 Å². The number of hydrogen-bond donors (Lipinski definition) is 0. The highest BCUT2D eigenvalue weighted by molar-refractivity contribution is 6.18. The predicted molar refractivity (Wildman–Crippen MR) is 82.7 cm³/mol. The van der Waals surface area contributed by atoms with Crippen molar-refractivity contribution in [2.75, 3.05) is 19.1 Å². The van der Waals surface area contributed by atoms with Crippen molar-refractivity contribution in [3.8, 4) is 0 Å². The van der Waals surface area contributed by atoms with Gasteiger partial charge in [0.05, 0.1) is 0 Å².